The standard InChI is InChI=1S/C13H8BrFN4.C13H9FN4.C13H6FN3.C12H16BN3O2.C8H5F.C5H2ClN3.FH.2H2/c14-9-10(7-1-3-8(15)4-2-7)19-13(16)12-11(9)17-5-6-18-12;14-9-3-1-8(2-4-9)10-7-11-12(13(15)18-10)17-6-5-16-11;14-11-4-1-10(2-5-11)3-6-12-13(9-15)17-8-7-16-12;1-11(2)12(3,4)18-13(17-11)9-5-6-10-14-8-15-16(10)7-9;1-2-7-3-5-8(9)6-4-7;6-5-4(3-7)8-1-2-9-5;;;/h1-6H,(H2,16,19);1-7H,(H2,15,18);1-2,4-5,7-8H;5-8H,1-4H3;1,3-6H;1-2H;3*1H/i;;;;;;;1+1;. The maximum absolute atomic E-state index is 13.0. The van der Waals surface area contributed by atoms with Crippen LogP contribution in [0.3, 0.4) is 0 Å². The fraction of sp³-hybridized carbons (Fsp3) is 0.0938. The van der Waals surface area contributed by atoms with Crippen LogP contribution < -0.4 is 16.9 Å². The third kappa shape index (κ3) is 17.7. The molecule has 0 saturated carbocycles. The third-order valence-electron chi connectivity index (χ3n) is 12.9. The maximum atomic E-state index is 13.0. The molecular formula is C64H51BBrClF5N17O2. The number of nitrogens with zero attached hydrogens (tertiary/aromatic N) is 15. The molecule has 1 fully saturated rings. The molecule has 456 valence electrons. The fourth-order valence-electron chi connectivity index (χ4n) is 7.65. The lowest BCUT2D eigenvalue weighted by molar-refractivity contribution is 0.00578. The first-order valence-electron chi connectivity index (χ1n) is 26.4. The van der Waals surface area contributed by atoms with Crippen LogP contribution in [-0.2, 0) is 9.31 Å². The van der Waals surface area contributed by atoms with E-state index < -0.39 is 0 Å². The molecule has 12 aromatic rings. The molecule has 4 N–H and O–H groups in total. The highest BCUT2D eigenvalue weighted by Gasteiger charge is 2.51. The van der Waals surface area contributed by atoms with Crippen molar-refractivity contribution in [2.45, 2.75) is 38.9 Å². The van der Waals surface area contributed by atoms with Crippen molar-refractivity contribution >= 4 is 79.5 Å². The van der Waals surface area contributed by atoms with Gasteiger partial charge in [0.25, 0.3) is 0 Å². The minimum atomic E-state index is -0.358. The Morgan fingerprint density at radius 1 is 0.582 bits per heavy atom. The van der Waals surface area contributed by atoms with E-state index in [4.69, 9.17) is 49.3 Å². The first kappa shape index (κ1) is 67.3. The van der Waals surface area contributed by atoms with Gasteiger partial charge in [-0.05, 0) is 159 Å². The van der Waals surface area contributed by atoms with E-state index in [1.165, 1.54) is 79.6 Å². The minimum absolute atomic E-state index is 0. The van der Waals surface area contributed by atoms with Crippen molar-refractivity contribution in [1.82, 2.24) is 64.4 Å². The number of fused-ring (bicyclic) bond motifs is 3. The second-order valence-corrected chi connectivity index (χ2v) is 20.6. The third-order valence-corrected chi connectivity index (χ3v) is 13.9. The lowest BCUT2D eigenvalue weighted by Gasteiger charge is -2.32. The first-order valence-corrected chi connectivity index (χ1v) is 27.6. The molecule has 19 nitrogen and oxygen atoms in total. The molecule has 0 bridgehead atoms. The highest BCUT2D eigenvalue weighted by molar-refractivity contribution is 9.10. The summed E-state index contributed by atoms with van der Waals surface area (Å²) in [6.45, 7) is 8.17. The molecule has 0 unspecified atom stereocenters. The summed E-state index contributed by atoms with van der Waals surface area (Å²) in [5.74, 6) is 7.38. The zero-order chi connectivity index (χ0) is 64.4. The van der Waals surface area contributed by atoms with Gasteiger partial charge in [0.15, 0.2) is 33.8 Å². The Bertz CT molecular complexity index is 4680. The molecule has 9 heterocycles. The van der Waals surface area contributed by atoms with E-state index in [-0.39, 0.29) is 65.7 Å². The normalized spacial score (nSPS) is 12.0. The van der Waals surface area contributed by atoms with Crippen molar-refractivity contribution in [3.8, 4) is 58.8 Å². The highest BCUT2D eigenvalue weighted by atomic mass is 79.9. The largest absolute Gasteiger partial charge is 0.496 e. The molecule has 0 aliphatic carbocycles. The molecule has 1 saturated heterocycles. The predicted octanol–water partition coefficient (Wildman–Crippen LogP) is 12.0. The van der Waals surface area contributed by atoms with Crippen LogP contribution in [0, 0.1) is 70.1 Å². The van der Waals surface area contributed by atoms with Crippen LogP contribution >= 0.6 is 27.5 Å². The molecule has 1 aliphatic heterocycles. The Kier molecular flexibility index (Phi) is 23.0. The molecule has 0 atom stereocenters. The van der Waals surface area contributed by atoms with Crippen LogP contribution in [-0.4, -0.2) is 82.8 Å². The average molecular weight is 1310 g/mol. The van der Waals surface area contributed by atoms with Gasteiger partial charge < -0.3 is 20.8 Å². The Balaban J connectivity index is 0.000000205. The number of rotatable bonds is 3. The maximum Gasteiger partial charge on any atom is 0.496 e. The Hall–Kier alpha value is -11.3. The topological polar surface area (TPSA) is 277 Å². The number of anilines is 2. The fourth-order valence-corrected chi connectivity index (χ4v) is 8.41. The molecule has 91 heavy (non-hydrogen) atoms. The number of hydrogen-bond donors (Lipinski definition) is 2. The average Bonchev–Trinajstić information content (AvgIpc) is 1.71. The molecule has 27 heteroatoms. The summed E-state index contributed by atoms with van der Waals surface area (Å²) >= 11 is 8.89. The van der Waals surface area contributed by atoms with Crippen LogP contribution in [0.1, 0.15) is 58.8 Å². The van der Waals surface area contributed by atoms with Crippen molar-refractivity contribution in [3.63, 3.8) is 0 Å². The Labute approximate surface area is 533 Å². The van der Waals surface area contributed by atoms with E-state index in [1.54, 1.807) is 90.0 Å². The number of aromatic nitrogens is 13. The smallest absolute Gasteiger partial charge is 0.399 e. The van der Waals surface area contributed by atoms with E-state index in [0.29, 0.717) is 66.4 Å². The Morgan fingerprint density at radius 3 is 1.63 bits per heavy atom. The van der Waals surface area contributed by atoms with E-state index in [1.807, 2.05) is 52.1 Å². The van der Waals surface area contributed by atoms with E-state index in [9.17, 15) is 17.6 Å². The van der Waals surface area contributed by atoms with E-state index in [0.717, 1.165) is 22.2 Å². The zero-order valence-corrected chi connectivity index (χ0v) is 50.6. The predicted molar refractivity (Wildman–Crippen MR) is 343 cm³/mol. The van der Waals surface area contributed by atoms with Crippen molar-refractivity contribution in [1.29, 1.82) is 10.5 Å². The zero-order valence-electron chi connectivity index (χ0n) is 48.3. The first-order chi connectivity index (χ1) is 43.3. The highest BCUT2D eigenvalue weighted by Crippen LogP contribution is 2.37. The monoisotopic (exact) mass is 1310 g/mol. The summed E-state index contributed by atoms with van der Waals surface area (Å²) in [6, 6.07) is 33.0. The summed E-state index contributed by atoms with van der Waals surface area (Å²) in [6.07, 6.45) is 20.5. The summed E-state index contributed by atoms with van der Waals surface area (Å²) in [7, 11) is -0.358. The van der Waals surface area contributed by atoms with Crippen molar-refractivity contribution in [2.75, 3.05) is 11.5 Å². The number of halogens is 7. The van der Waals surface area contributed by atoms with Crippen molar-refractivity contribution < 1.29 is 34.4 Å². The van der Waals surface area contributed by atoms with Gasteiger partial charge in [-0.25, -0.2) is 66.9 Å². The molecule has 0 amide bonds. The number of nitrogen functional groups attached to an aromatic ring is 2. The number of nitriles is 2. The molecule has 13 rings (SSSR count). The Morgan fingerprint density at radius 2 is 1.07 bits per heavy atom. The summed E-state index contributed by atoms with van der Waals surface area (Å²) < 4.78 is 65.0. The van der Waals surface area contributed by atoms with Crippen molar-refractivity contribution in [2.24, 2.45) is 0 Å². The molecular weight excluding hydrogens is 1260 g/mol. The van der Waals surface area contributed by atoms with Gasteiger partial charge >= 0.3 is 7.12 Å². The van der Waals surface area contributed by atoms with Crippen molar-refractivity contribution in [3.05, 3.63) is 238 Å². The van der Waals surface area contributed by atoms with Gasteiger partial charge in [0.05, 0.1) is 32.6 Å². The van der Waals surface area contributed by atoms with Crippen LogP contribution in [0.4, 0.5) is 33.9 Å². The summed E-state index contributed by atoms with van der Waals surface area (Å²) in [4.78, 5) is 44.4. The molecule has 0 spiro atoms. The van der Waals surface area contributed by atoms with Gasteiger partial charge in [-0.3, -0.25) is 14.7 Å². The van der Waals surface area contributed by atoms with Crippen LogP contribution in [0.5, 0.6) is 0 Å². The molecule has 4 aromatic carbocycles. The SMILES string of the molecule is C#Cc1ccc(F)cc1.CC1(C)OB(c2ccc3ncnn3c2)OC1(C)C.F.N#Cc1nccnc1C#Cc1ccc(F)cc1.N#Cc1nccnc1Cl.Nc1nc(-c2ccc(F)cc2)c(Br)c2nccnc12.Nc1nc(-c2ccc(F)cc2)cc2nccnc12.[2HH].[HH]. The minimum Gasteiger partial charge on any atom is -0.399 e. The number of terminal acetylenes is 1. The van der Waals surface area contributed by atoms with Gasteiger partial charge in [0, 0.05) is 86.3 Å². The number of hydrogen-bond acceptors (Lipinski definition) is 18. The summed E-state index contributed by atoms with van der Waals surface area (Å²) in [5, 5.41) is 21.3. The lowest BCUT2D eigenvalue weighted by atomic mass is 9.80. The van der Waals surface area contributed by atoms with Gasteiger partial charge in [-0.2, -0.15) is 15.6 Å². The second kappa shape index (κ2) is 31.1. The van der Waals surface area contributed by atoms with Gasteiger partial charge in [-0.1, -0.05) is 29.5 Å². The quantitative estimate of drug-likeness (QED) is 0.0944. The summed E-state index contributed by atoms with van der Waals surface area (Å²) in [5.41, 5.74) is 20.1. The number of benzene rings is 4. The van der Waals surface area contributed by atoms with Gasteiger partial charge in [0.2, 0.25) is 0 Å². The van der Waals surface area contributed by atoms with Crippen LogP contribution in [0.2, 0.25) is 5.15 Å². The molecule has 8 aromatic heterocycles. The number of pyridine rings is 3. The molecule has 1 aliphatic rings. The van der Waals surface area contributed by atoms with Crippen LogP contribution in [0.25, 0.3) is 50.2 Å². The van der Waals surface area contributed by atoms with Crippen LogP contribution in [0.15, 0.2) is 182 Å². The lowest BCUT2D eigenvalue weighted by Crippen LogP contribution is -2.41. The molecule has 0 radical (unpaired) electrons. The second-order valence-electron chi connectivity index (χ2n) is 19.4. The van der Waals surface area contributed by atoms with Gasteiger partial charge in [0.1, 0.15) is 64.0 Å². The number of nitrogens with two attached hydrogens (primary N) is 2. The van der Waals surface area contributed by atoms with E-state index in [2.05, 4.69) is 93.6 Å². The van der Waals surface area contributed by atoms with E-state index >= 15 is 0 Å². The van der Waals surface area contributed by atoms with Gasteiger partial charge in [-0.15, -0.1) is 6.42 Å².